The highest BCUT2D eigenvalue weighted by Gasteiger charge is 2.17. The summed E-state index contributed by atoms with van der Waals surface area (Å²) in [5.41, 5.74) is 1.87. The predicted molar refractivity (Wildman–Crippen MR) is 83.2 cm³/mol. The number of benzene rings is 1. The summed E-state index contributed by atoms with van der Waals surface area (Å²) in [6.07, 6.45) is 2.40. The fourth-order valence-corrected chi connectivity index (χ4v) is 2.59. The first kappa shape index (κ1) is 14.3. The molecule has 0 atom stereocenters. The van der Waals surface area contributed by atoms with Crippen molar-refractivity contribution in [3.05, 3.63) is 46.5 Å². The molecule has 0 N–H and O–H groups in total. The van der Waals surface area contributed by atoms with E-state index < -0.39 is 5.97 Å². The van der Waals surface area contributed by atoms with Crippen molar-refractivity contribution in [1.29, 1.82) is 0 Å². The summed E-state index contributed by atoms with van der Waals surface area (Å²) in [5.74, 6) is -0.517. The third-order valence-electron chi connectivity index (χ3n) is 3.51. The molecule has 0 fully saturated rings. The molecule has 6 heteroatoms. The molecule has 3 rings (SSSR count). The van der Waals surface area contributed by atoms with Gasteiger partial charge in [-0.3, -0.25) is 9.20 Å². The average Bonchev–Trinajstić information content (AvgIpc) is 2.97. The monoisotopic (exact) mass is 299 g/mol. The molecule has 22 heavy (non-hydrogen) atoms. The Hall–Kier alpha value is -2.63. The van der Waals surface area contributed by atoms with Crippen molar-refractivity contribution in [2.75, 3.05) is 6.61 Å². The quantitative estimate of drug-likeness (QED) is 0.693. The van der Waals surface area contributed by atoms with Gasteiger partial charge in [-0.1, -0.05) is 19.1 Å². The normalized spacial score (nSPS) is 11.2. The number of hydrogen-bond acceptors (Lipinski definition) is 4. The summed E-state index contributed by atoms with van der Waals surface area (Å²) in [4.78, 5) is 28.7. The highest BCUT2D eigenvalue weighted by Crippen LogP contribution is 2.15. The first-order valence-electron chi connectivity index (χ1n) is 7.35. The van der Waals surface area contributed by atoms with E-state index in [1.165, 1.54) is 0 Å². The molecule has 0 aliphatic heterocycles. The lowest BCUT2D eigenvalue weighted by atomic mass is 10.3. The second-order valence-corrected chi connectivity index (χ2v) is 4.99. The van der Waals surface area contributed by atoms with Gasteiger partial charge in [-0.15, -0.1) is 0 Å². The van der Waals surface area contributed by atoms with Crippen LogP contribution in [0.15, 0.2) is 35.3 Å². The minimum absolute atomic E-state index is 0.151. The van der Waals surface area contributed by atoms with Crippen LogP contribution in [0.4, 0.5) is 0 Å². The number of hydrogen-bond donors (Lipinski definition) is 0. The van der Waals surface area contributed by atoms with Crippen LogP contribution in [0, 0.1) is 0 Å². The van der Waals surface area contributed by atoms with Gasteiger partial charge in [0.2, 0.25) is 5.65 Å². The number of aromatic nitrogens is 3. The van der Waals surface area contributed by atoms with Gasteiger partial charge < -0.3 is 9.30 Å². The molecule has 0 saturated heterocycles. The molecule has 0 bridgehead atoms. The Bertz CT molecular complexity index is 908. The minimum Gasteiger partial charge on any atom is -0.461 e. The number of para-hydroxylation sites is 2. The van der Waals surface area contributed by atoms with E-state index in [1.807, 2.05) is 31.2 Å². The van der Waals surface area contributed by atoms with Gasteiger partial charge in [-0.05, 0) is 25.5 Å². The Morgan fingerprint density at radius 2 is 1.95 bits per heavy atom. The van der Waals surface area contributed by atoms with Crippen LogP contribution < -0.4 is 5.56 Å². The fraction of sp³-hybridized carbons (Fsp3) is 0.312. The number of aryl methyl sites for hydroxylation is 1. The van der Waals surface area contributed by atoms with E-state index in [1.54, 1.807) is 22.1 Å². The number of rotatable bonds is 4. The summed E-state index contributed by atoms with van der Waals surface area (Å²) >= 11 is 0. The maximum atomic E-state index is 12.7. The molecule has 114 valence electrons. The Labute approximate surface area is 127 Å². The van der Waals surface area contributed by atoms with E-state index in [9.17, 15) is 9.59 Å². The Morgan fingerprint density at radius 3 is 2.64 bits per heavy atom. The van der Waals surface area contributed by atoms with E-state index in [4.69, 9.17) is 4.74 Å². The van der Waals surface area contributed by atoms with Crippen LogP contribution in [-0.2, 0) is 11.3 Å². The van der Waals surface area contributed by atoms with Crippen molar-refractivity contribution in [3.8, 4) is 0 Å². The molecular formula is C16H17N3O3. The lowest BCUT2D eigenvalue weighted by Crippen LogP contribution is -2.23. The molecule has 2 heterocycles. The fourth-order valence-electron chi connectivity index (χ4n) is 2.59. The summed E-state index contributed by atoms with van der Waals surface area (Å²) in [6, 6.07) is 7.59. The minimum atomic E-state index is -0.517. The van der Waals surface area contributed by atoms with Gasteiger partial charge >= 0.3 is 5.97 Å². The molecule has 3 aromatic rings. The maximum absolute atomic E-state index is 12.7. The number of carbonyl (C=O) groups excluding carboxylic acids is 1. The number of imidazole rings is 1. The predicted octanol–water partition coefficient (Wildman–Crippen LogP) is 2.24. The Morgan fingerprint density at radius 1 is 1.23 bits per heavy atom. The van der Waals surface area contributed by atoms with Crippen LogP contribution >= 0.6 is 0 Å². The molecule has 0 unspecified atom stereocenters. The number of fused-ring (bicyclic) bond motifs is 3. The van der Waals surface area contributed by atoms with Gasteiger partial charge in [0.25, 0.3) is 5.56 Å². The van der Waals surface area contributed by atoms with Crippen LogP contribution in [0.1, 0.15) is 30.8 Å². The van der Waals surface area contributed by atoms with Crippen LogP contribution in [0.25, 0.3) is 16.7 Å². The van der Waals surface area contributed by atoms with Crippen LogP contribution in [-0.4, -0.2) is 26.5 Å². The molecule has 2 aromatic heterocycles. The second kappa shape index (κ2) is 5.63. The van der Waals surface area contributed by atoms with E-state index in [2.05, 4.69) is 4.98 Å². The lowest BCUT2D eigenvalue weighted by Gasteiger charge is -2.10. The summed E-state index contributed by atoms with van der Waals surface area (Å²) in [7, 11) is 0. The topological polar surface area (TPSA) is 65.6 Å². The number of esters is 1. The molecular weight excluding hydrogens is 282 g/mol. The van der Waals surface area contributed by atoms with Gasteiger partial charge in [0.05, 0.1) is 17.6 Å². The van der Waals surface area contributed by atoms with Crippen LogP contribution in [0.3, 0.4) is 0 Å². The van der Waals surface area contributed by atoms with Gasteiger partial charge in [0.1, 0.15) is 0 Å². The maximum Gasteiger partial charge on any atom is 0.358 e. The van der Waals surface area contributed by atoms with E-state index in [0.717, 1.165) is 17.5 Å². The van der Waals surface area contributed by atoms with E-state index in [0.29, 0.717) is 6.54 Å². The van der Waals surface area contributed by atoms with Gasteiger partial charge in [-0.25, -0.2) is 9.78 Å². The molecule has 6 nitrogen and oxygen atoms in total. The zero-order valence-electron chi connectivity index (χ0n) is 12.6. The molecule has 1 aromatic carbocycles. The van der Waals surface area contributed by atoms with Crippen molar-refractivity contribution < 1.29 is 9.53 Å². The first-order valence-corrected chi connectivity index (χ1v) is 7.35. The third-order valence-corrected chi connectivity index (χ3v) is 3.51. The SMILES string of the molecule is CCCn1c(=O)c2nc(C(=O)OCC)cn2c2ccccc21. The van der Waals surface area contributed by atoms with Crippen LogP contribution in [0.5, 0.6) is 0 Å². The lowest BCUT2D eigenvalue weighted by molar-refractivity contribution is 0.0520. The second-order valence-electron chi connectivity index (χ2n) is 4.99. The van der Waals surface area contributed by atoms with Crippen molar-refractivity contribution in [2.24, 2.45) is 0 Å². The van der Waals surface area contributed by atoms with Gasteiger partial charge in [-0.2, -0.15) is 0 Å². The van der Waals surface area contributed by atoms with Crippen molar-refractivity contribution in [2.45, 2.75) is 26.8 Å². The first-order chi connectivity index (χ1) is 10.7. The van der Waals surface area contributed by atoms with E-state index in [-0.39, 0.29) is 23.5 Å². The number of nitrogens with zero attached hydrogens (tertiary/aromatic N) is 3. The molecule has 0 aliphatic carbocycles. The summed E-state index contributed by atoms with van der Waals surface area (Å²) in [5, 5.41) is 0. The molecule has 0 amide bonds. The van der Waals surface area contributed by atoms with Crippen molar-refractivity contribution >= 4 is 22.6 Å². The average molecular weight is 299 g/mol. The largest absolute Gasteiger partial charge is 0.461 e. The number of ether oxygens (including phenoxy) is 1. The number of carbonyl (C=O) groups is 1. The standard InChI is InChI=1S/C16H17N3O3/c1-3-9-18-12-7-5-6-8-13(12)19-10-11(16(21)22-4-2)17-14(19)15(18)20/h5-8,10H,3-4,9H2,1-2H3. The Balaban J connectivity index is 2.35. The van der Waals surface area contributed by atoms with Crippen molar-refractivity contribution in [3.63, 3.8) is 0 Å². The highest BCUT2D eigenvalue weighted by molar-refractivity contribution is 5.89. The smallest absolute Gasteiger partial charge is 0.358 e. The third kappa shape index (κ3) is 2.16. The van der Waals surface area contributed by atoms with E-state index >= 15 is 0 Å². The molecule has 0 radical (unpaired) electrons. The van der Waals surface area contributed by atoms with Crippen molar-refractivity contribution in [1.82, 2.24) is 14.0 Å². The Kier molecular flexibility index (Phi) is 3.66. The zero-order chi connectivity index (χ0) is 15.7. The molecule has 0 spiro atoms. The summed E-state index contributed by atoms with van der Waals surface area (Å²) < 4.78 is 8.33. The van der Waals surface area contributed by atoms with Gasteiger partial charge in [0.15, 0.2) is 5.69 Å². The van der Waals surface area contributed by atoms with Crippen LogP contribution in [0.2, 0.25) is 0 Å². The highest BCUT2D eigenvalue weighted by atomic mass is 16.5. The molecule has 0 aliphatic rings. The summed E-state index contributed by atoms with van der Waals surface area (Å²) in [6.45, 7) is 4.63. The molecule has 0 saturated carbocycles. The van der Waals surface area contributed by atoms with Gasteiger partial charge in [0, 0.05) is 12.7 Å². The zero-order valence-corrected chi connectivity index (χ0v) is 12.6.